The lowest BCUT2D eigenvalue weighted by Crippen LogP contribution is -2.39. The monoisotopic (exact) mass is 440 g/mol. The number of alkyl halides is 1. The topological polar surface area (TPSA) is 99.0 Å². The number of halogens is 3. The van der Waals surface area contributed by atoms with Gasteiger partial charge in [-0.2, -0.15) is 9.78 Å². The number of aromatic amines is 1. The quantitative estimate of drug-likeness (QED) is 0.656. The van der Waals surface area contributed by atoms with Crippen LogP contribution in [0.3, 0.4) is 0 Å². The molecule has 0 amide bonds. The zero-order chi connectivity index (χ0) is 21.3. The SMILES string of the molecule is CC(C)c1cc(Oc2c(Cl)cc(-n3ncc(=O)n(CF)c3=O)cc2Cl)c[nH]c1=O. The van der Waals surface area contributed by atoms with Crippen LogP contribution in [-0.4, -0.2) is 19.3 Å². The molecule has 0 saturated heterocycles. The second-order valence-corrected chi connectivity index (χ2v) is 7.15. The fourth-order valence-electron chi connectivity index (χ4n) is 2.57. The van der Waals surface area contributed by atoms with Gasteiger partial charge in [0.2, 0.25) is 0 Å². The number of hydrogen-bond acceptors (Lipinski definition) is 5. The Morgan fingerprint density at radius 1 is 1.17 bits per heavy atom. The highest BCUT2D eigenvalue weighted by Gasteiger charge is 2.16. The summed E-state index contributed by atoms with van der Waals surface area (Å²) >= 11 is 12.5. The van der Waals surface area contributed by atoms with Crippen molar-refractivity contribution < 1.29 is 9.13 Å². The standard InChI is InChI=1S/C18H15Cl2FN4O4/c1-9(2)12-5-11(6-22-17(12)27)29-16-13(19)3-10(4-14(16)20)25-18(28)24(8-21)15(26)7-23-25/h3-7,9H,8H2,1-2H3,(H,22,27). The molecule has 0 spiro atoms. The molecule has 8 nitrogen and oxygen atoms in total. The fourth-order valence-corrected chi connectivity index (χ4v) is 3.13. The van der Waals surface area contributed by atoms with Crippen molar-refractivity contribution in [2.45, 2.75) is 26.6 Å². The summed E-state index contributed by atoms with van der Waals surface area (Å²) in [4.78, 5) is 38.2. The second kappa shape index (κ2) is 8.22. The Labute approximate surface area is 173 Å². The van der Waals surface area contributed by atoms with Gasteiger partial charge in [-0.05, 0) is 24.1 Å². The molecule has 0 aliphatic heterocycles. The van der Waals surface area contributed by atoms with Crippen LogP contribution in [-0.2, 0) is 6.80 Å². The van der Waals surface area contributed by atoms with Crippen LogP contribution in [0.2, 0.25) is 10.0 Å². The van der Waals surface area contributed by atoms with E-state index < -0.39 is 18.0 Å². The Balaban J connectivity index is 2.04. The van der Waals surface area contributed by atoms with E-state index in [1.165, 1.54) is 18.3 Å². The molecule has 0 unspecified atom stereocenters. The van der Waals surface area contributed by atoms with Gasteiger partial charge in [-0.15, -0.1) is 0 Å². The largest absolute Gasteiger partial charge is 0.453 e. The molecule has 0 aliphatic rings. The van der Waals surface area contributed by atoms with Crippen molar-refractivity contribution >= 4 is 23.2 Å². The summed E-state index contributed by atoms with van der Waals surface area (Å²) in [5, 5.41) is 3.78. The van der Waals surface area contributed by atoms with Crippen molar-refractivity contribution in [1.29, 1.82) is 0 Å². The molecule has 0 saturated carbocycles. The molecule has 0 radical (unpaired) electrons. The maximum Gasteiger partial charge on any atom is 0.354 e. The van der Waals surface area contributed by atoms with E-state index in [9.17, 15) is 18.8 Å². The summed E-state index contributed by atoms with van der Waals surface area (Å²) in [6.07, 6.45) is 2.18. The number of nitrogens with one attached hydrogen (secondary N) is 1. The Morgan fingerprint density at radius 2 is 1.83 bits per heavy atom. The molecule has 1 aromatic carbocycles. The predicted molar refractivity (Wildman–Crippen MR) is 106 cm³/mol. The zero-order valence-corrected chi connectivity index (χ0v) is 16.8. The zero-order valence-electron chi connectivity index (χ0n) is 15.3. The van der Waals surface area contributed by atoms with Crippen LogP contribution >= 0.6 is 23.2 Å². The van der Waals surface area contributed by atoms with Crippen LogP contribution in [0.5, 0.6) is 11.5 Å². The van der Waals surface area contributed by atoms with Crippen molar-refractivity contribution in [3.63, 3.8) is 0 Å². The lowest BCUT2D eigenvalue weighted by Gasteiger charge is -2.13. The molecule has 29 heavy (non-hydrogen) atoms. The van der Waals surface area contributed by atoms with E-state index in [0.29, 0.717) is 15.9 Å². The van der Waals surface area contributed by atoms with Gasteiger partial charge in [-0.25, -0.2) is 13.8 Å². The summed E-state index contributed by atoms with van der Waals surface area (Å²) < 4.78 is 19.8. The van der Waals surface area contributed by atoms with Gasteiger partial charge in [0.15, 0.2) is 12.5 Å². The maximum atomic E-state index is 12.9. The highest BCUT2D eigenvalue weighted by atomic mass is 35.5. The van der Waals surface area contributed by atoms with Crippen molar-refractivity contribution in [2.75, 3.05) is 0 Å². The molecule has 0 bridgehead atoms. The second-order valence-electron chi connectivity index (χ2n) is 6.34. The van der Waals surface area contributed by atoms with Gasteiger partial charge in [-0.3, -0.25) is 9.59 Å². The highest BCUT2D eigenvalue weighted by Crippen LogP contribution is 2.38. The number of ether oxygens (including phenoxy) is 1. The highest BCUT2D eigenvalue weighted by molar-refractivity contribution is 6.37. The third-order valence-corrected chi connectivity index (χ3v) is 4.62. The smallest absolute Gasteiger partial charge is 0.354 e. The van der Waals surface area contributed by atoms with E-state index in [-0.39, 0.29) is 33.0 Å². The summed E-state index contributed by atoms with van der Waals surface area (Å²) in [6, 6.07) is 4.24. The molecule has 2 aromatic heterocycles. The van der Waals surface area contributed by atoms with Crippen LogP contribution in [0.1, 0.15) is 25.3 Å². The minimum absolute atomic E-state index is 0.0280. The Bertz CT molecular complexity index is 1230. The average molecular weight is 441 g/mol. The molecule has 0 atom stereocenters. The average Bonchev–Trinajstić information content (AvgIpc) is 2.66. The van der Waals surface area contributed by atoms with E-state index in [0.717, 1.165) is 10.9 Å². The molecule has 11 heteroatoms. The number of pyridine rings is 1. The van der Waals surface area contributed by atoms with Crippen molar-refractivity contribution in [3.05, 3.63) is 77.4 Å². The lowest BCUT2D eigenvalue weighted by atomic mass is 10.1. The minimum atomic E-state index is -1.30. The van der Waals surface area contributed by atoms with Crippen molar-refractivity contribution in [2.24, 2.45) is 0 Å². The Morgan fingerprint density at radius 3 is 2.41 bits per heavy atom. The van der Waals surface area contributed by atoms with Crippen molar-refractivity contribution in [1.82, 2.24) is 19.3 Å². The Kier molecular flexibility index (Phi) is 5.90. The van der Waals surface area contributed by atoms with Crippen molar-refractivity contribution in [3.8, 4) is 17.2 Å². The first kappa shape index (κ1) is 20.8. The maximum absolute atomic E-state index is 12.9. The molecule has 0 fully saturated rings. The third-order valence-electron chi connectivity index (χ3n) is 4.06. The first-order chi connectivity index (χ1) is 13.7. The van der Waals surface area contributed by atoms with Gasteiger partial charge >= 0.3 is 5.69 Å². The predicted octanol–water partition coefficient (Wildman–Crippen LogP) is 3.23. The summed E-state index contributed by atoms with van der Waals surface area (Å²) in [5.41, 5.74) is -1.44. The first-order valence-corrected chi connectivity index (χ1v) is 9.13. The number of aromatic nitrogens is 4. The Hall–Kier alpha value is -2.91. The van der Waals surface area contributed by atoms with Crippen LogP contribution in [0.15, 0.2) is 45.0 Å². The number of rotatable bonds is 5. The summed E-state index contributed by atoms with van der Waals surface area (Å²) in [6.45, 7) is 2.43. The van der Waals surface area contributed by atoms with E-state index in [2.05, 4.69) is 10.1 Å². The van der Waals surface area contributed by atoms with E-state index in [1.54, 1.807) is 6.07 Å². The number of hydrogen-bond donors (Lipinski definition) is 1. The van der Waals surface area contributed by atoms with Crippen LogP contribution in [0.25, 0.3) is 5.69 Å². The van der Waals surface area contributed by atoms with Gasteiger partial charge in [-0.1, -0.05) is 37.0 Å². The summed E-state index contributed by atoms with van der Waals surface area (Å²) in [5.74, 6) is 0.372. The molecular formula is C18H15Cl2FN4O4. The van der Waals surface area contributed by atoms with Crippen LogP contribution in [0, 0.1) is 0 Å². The molecule has 1 N–H and O–H groups in total. The number of nitrogens with zero attached hydrogens (tertiary/aromatic N) is 3. The summed E-state index contributed by atoms with van der Waals surface area (Å²) in [7, 11) is 0. The van der Waals surface area contributed by atoms with Gasteiger partial charge in [0.1, 0.15) is 11.9 Å². The normalized spacial score (nSPS) is 11.1. The number of H-pyrrole nitrogens is 1. The molecule has 152 valence electrons. The van der Waals surface area contributed by atoms with Crippen LogP contribution < -0.4 is 21.5 Å². The van der Waals surface area contributed by atoms with Gasteiger partial charge in [0.05, 0.1) is 15.7 Å². The number of benzene rings is 1. The van der Waals surface area contributed by atoms with Gasteiger partial charge in [0.25, 0.3) is 11.1 Å². The van der Waals surface area contributed by atoms with Gasteiger partial charge in [0, 0.05) is 11.8 Å². The van der Waals surface area contributed by atoms with Gasteiger partial charge < -0.3 is 9.72 Å². The lowest BCUT2D eigenvalue weighted by molar-refractivity contribution is 0.349. The molecule has 2 heterocycles. The van der Waals surface area contributed by atoms with Crippen LogP contribution in [0.4, 0.5) is 4.39 Å². The molecule has 3 aromatic rings. The third kappa shape index (κ3) is 4.10. The molecule has 0 aliphatic carbocycles. The fraction of sp³-hybridized carbons (Fsp3) is 0.222. The molecular weight excluding hydrogens is 426 g/mol. The molecule has 3 rings (SSSR count). The minimum Gasteiger partial charge on any atom is -0.453 e. The van der Waals surface area contributed by atoms with E-state index >= 15 is 0 Å². The van der Waals surface area contributed by atoms with E-state index in [4.69, 9.17) is 27.9 Å². The van der Waals surface area contributed by atoms with E-state index in [1.807, 2.05) is 13.8 Å². The first-order valence-electron chi connectivity index (χ1n) is 8.38.